The molecule has 1 aliphatic rings. The molecule has 0 bridgehead atoms. The van der Waals surface area contributed by atoms with Crippen molar-refractivity contribution in [2.75, 3.05) is 25.0 Å². The largest absolute Gasteiger partial charge is 0.471 e. The first kappa shape index (κ1) is 27.8. The zero-order valence-electron chi connectivity index (χ0n) is 21.0. The molecule has 8 nitrogen and oxygen atoms in total. The molecule has 0 unspecified atom stereocenters. The number of nitrogens with zero attached hydrogens (tertiary/aromatic N) is 5. The fourth-order valence-corrected chi connectivity index (χ4v) is 5.00. The minimum Gasteiger partial charge on any atom is -0.471 e. The molecule has 13 heteroatoms. The Hall–Kier alpha value is -3.19. The molecule has 2 atom stereocenters. The number of anilines is 1. The fraction of sp³-hybridized carbons (Fsp3) is 0.480. The number of hydrogen-bond acceptors (Lipinski definition) is 8. The van der Waals surface area contributed by atoms with Gasteiger partial charge in [0.15, 0.2) is 5.69 Å². The van der Waals surface area contributed by atoms with Crippen LogP contribution in [0, 0.1) is 6.92 Å². The first-order chi connectivity index (χ1) is 18.1. The first-order valence-electron chi connectivity index (χ1n) is 12.3. The van der Waals surface area contributed by atoms with Crippen molar-refractivity contribution < 1.29 is 27.1 Å². The predicted octanol–water partition coefficient (Wildman–Crippen LogP) is 5.09. The number of aromatic nitrogens is 4. The van der Waals surface area contributed by atoms with Crippen LogP contribution in [0.15, 0.2) is 30.7 Å². The van der Waals surface area contributed by atoms with Gasteiger partial charge in [-0.05, 0) is 43.9 Å². The van der Waals surface area contributed by atoms with E-state index in [9.17, 15) is 22.4 Å². The number of unbranched alkanes of at least 4 members (excludes halogenated alkanes) is 1. The first-order valence-corrected chi connectivity index (χ1v) is 13.0. The molecular weight excluding hydrogens is 524 g/mol. The van der Waals surface area contributed by atoms with E-state index in [2.05, 4.69) is 36.5 Å². The molecular formula is C25H28F4N6O2S. The van der Waals surface area contributed by atoms with Crippen LogP contribution in [-0.4, -0.2) is 62.0 Å². The van der Waals surface area contributed by atoms with Gasteiger partial charge in [-0.1, -0.05) is 13.3 Å². The average Bonchev–Trinajstić information content (AvgIpc) is 3.25. The highest BCUT2D eigenvalue weighted by Crippen LogP contribution is 2.28. The number of hydrogen-bond donors (Lipinski definition) is 1. The highest BCUT2D eigenvalue weighted by molar-refractivity contribution is 7.06. The van der Waals surface area contributed by atoms with Gasteiger partial charge in [0.1, 0.15) is 12.3 Å². The van der Waals surface area contributed by atoms with Gasteiger partial charge in [-0.15, -0.1) is 0 Å². The Labute approximate surface area is 221 Å². The van der Waals surface area contributed by atoms with Crippen LogP contribution in [-0.2, 0) is 12.6 Å². The van der Waals surface area contributed by atoms with Crippen molar-refractivity contribution in [2.24, 2.45) is 0 Å². The number of ether oxygens (including phenoxy) is 1. The van der Waals surface area contributed by atoms with Gasteiger partial charge >= 0.3 is 6.18 Å². The number of nitrogens with one attached hydrogen (secondary N) is 1. The molecule has 3 aromatic heterocycles. The maximum Gasteiger partial charge on any atom is 0.434 e. The van der Waals surface area contributed by atoms with Crippen LogP contribution >= 0.6 is 11.5 Å². The second kappa shape index (κ2) is 12.1. The molecule has 1 saturated heterocycles. The summed E-state index contributed by atoms with van der Waals surface area (Å²) >= 11 is 1.07. The summed E-state index contributed by atoms with van der Waals surface area (Å²) in [4.78, 5) is 27.1. The monoisotopic (exact) mass is 552 g/mol. The maximum atomic E-state index is 14.6. The molecule has 3 aromatic rings. The van der Waals surface area contributed by atoms with Crippen LogP contribution in [0.1, 0.15) is 58.5 Å². The minimum atomic E-state index is -4.58. The standard InChI is InChI=1S/C25H28F4N6O2S/c1-3-4-8-35-9-7-19(18(26)14-35)37-22-6-5-16(11-32-22)33-24(36)23-15(2)34-38-20(23)10-17-12-31-21(13-30-17)25(27,28)29/h5-6,11-13,18-19H,3-4,7-10,14H2,1-2H3,(H,33,36)/t18-,19+/m0/s1. The van der Waals surface area contributed by atoms with E-state index in [1.165, 1.54) is 6.20 Å². The van der Waals surface area contributed by atoms with Gasteiger partial charge in [-0.2, -0.15) is 17.5 Å². The van der Waals surface area contributed by atoms with Gasteiger partial charge in [0.2, 0.25) is 5.88 Å². The molecule has 204 valence electrons. The Morgan fingerprint density at radius 2 is 2.03 bits per heavy atom. The summed E-state index contributed by atoms with van der Waals surface area (Å²) < 4.78 is 62.8. The third-order valence-corrected chi connectivity index (χ3v) is 7.09. The van der Waals surface area contributed by atoms with Crippen molar-refractivity contribution in [1.29, 1.82) is 0 Å². The van der Waals surface area contributed by atoms with Gasteiger partial charge in [-0.25, -0.2) is 14.4 Å². The zero-order chi connectivity index (χ0) is 27.3. The van der Waals surface area contributed by atoms with Crippen LogP contribution < -0.4 is 10.1 Å². The van der Waals surface area contributed by atoms with E-state index in [-0.39, 0.29) is 18.0 Å². The molecule has 4 heterocycles. The molecule has 1 N–H and O–H groups in total. The molecule has 1 amide bonds. The van der Waals surface area contributed by atoms with E-state index in [1.807, 2.05) is 0 Å². The lowest BCUT2D eigenvalue weighted by molar-refractivity contribution is -0.141. The van der Waals surface area contributed by atoms with E-state index in [1.54, 1.807) is 19.1 Å². The smallest absolute Gasteiger partial charge is 0.434 e. The average molecular weight is 553 g/mol. The van der Waals surface area contributed by atoms with Crippen molar-refractivity contribution in [2.45, 2.75) is 58.0 Å². The Kier molecular flexibility index (Phi) is 8.87. The van der Waals surface area contributed by atoms with Gasteiger partial charge in [0.05, 0.1) is 35.0 Å². The Morgan fingerprint density at radius 3 is 2.66 bits per heavy atom. The third-order valence-electron chi connectivity index (χ3n) is 6.16. The number of alkyl halides is 4. The topological polar surface area (TPSA) is 93.1 Å². The summed E-state index contributed by atoms with van der Waals surface area (Å²) in [5.74, 6) is -0.169. The summed E-state index contributed by atoms with van der Waals surface area (Å²) in [6.07, 6.45) is -0.346. The highest BCUT2D eigenvalue weighted by Gasteiger charge is 2.33. The molecule has 0 aromatic carbocycles. The summed E-state index contributed by atoms with van der Waals surface area (Å²) in [5, 5.41) is 2.75. The van der Waals surface area contributed by atoms with Crippen molar-refractivity contribution in [3.05, 3.63) is 58.2 Å². The summed E-state index contributed by atoms with van der Waals surface area (Å²) in [5.41, 5.74) is 0.390. The zero-order valence-corrected chi connectivity index (χ0v) is 21.8. The van der Waals surface area contributed by atoms with Crippen LogP contribution in [0.3, 0.4) is 0 Å². The second-order valence-electron chi connectivity index (χ2n) is 9.09. The van der Waals surface area contributed by atoms with E-state index < -0.39 is 30.1 Å². The normalized spacial score (nSPS) is 18.4. The van der Waals surface area contributed by atoms with E-state index >= 15 is 0 Å². The molecule has 0 aliphatic carbocycles. The lowest BCUT2D eigenvalue weighted by Crippen LogP contribution is -2.47. The number of pyridine rings is 1. The molecule has 4 rings (SSSR count). The van der Waals surface area contributed by atoms with Gasteiger partial charge in [0.25, 0.3) is 5.91 Å². The SMILES string of the molecule is CCCCN1CC[C@@H](Oc2ccc(NC(=O)c3c(C)nsc3Cc3cnc(C(F)(F)F)cn3)cn2)[C@@H](F)C1. The molecule has 0 spiro atoms. The van der Waals surface area contributed by atoms with Crippen molar-refractivity contribution in [3.63, 3.8) is 0 Å². The van der Waals surface area contributed by atoms with Crippen molar-refractivity contribution >= 4 is 23.1 Å². The van der Waals surface area contributed by atoms with E-state index in [0.29, 0.717) is 41.0 Å². The fourth-order valence-electron chi connectivity index (χ4n) is 4.12. The number of amides is 1. The number of carbonyl (C=O) groups is 1. The number of piperidine rings is 1. The quantitative estimate of drug-likeness (QED) is 0.370. The third kappa shape index (κ3) is 7.01. The summed E-state index contributed by atoms with van der Waals surface area (Å²) in [6.45, 7) is 5.77. The van der Waals surface area contributed by atoms with Crippen molar-refractivity contribution in [3.8, 4) is 5.88 Å². The molecule has 1 aliphatic heterocycles. The minimum absolute atomic E-state index is 0.103. The maximum absolute atomic E-state index is 14.6. The predicted molar refractivity (Wildman–Crippen MR) is 134 cm³/mol. The van der Waals surface area contributed by atoms with Crippen LogP contribution in [0.2, 0.25) is 0 Å². The molecule has 0 radical (unpaired) electrons. The van der Waals surface area contributed by atoms with Crippen LogP contribution in [0.5, 0.6) is 5.88 Å². The summed E-state index contributed by atoms with van der Waals surface area (Å²) in [6, 6.07) is 3.18. The Morgan fingerprint density at radius 1 is 1.21 bits per heavy atom. The Bertz CT molecular complexity index is 1220. The highest BCUT2D eigenvalue weighted by atomic mass is 32.1. The van der Waals surface area contributed by atoms with E-state index in [4.69, 9.17) is 4.74 Å². The van der Waals surface area contributed by atoms with Gasteiger partial charge in [0, 0.05) is 36.7 Å². The number of likely N-dealkylation sites (tertiary alicyclic amines) is 1. The lowest BCUT2D eigenvalue weighted by atomic mass is 10.1. The number of carbonyl (C=O) groups excluding carboxylic acids is 1. The number of rotatable bonds is 9. The Balaban J connectivity index is 1.35. The second-order valence-corrected chi connectivity index (χ2v) is 9.95. The van der Waals surface area contributed by atoms with Crippen molar-refractivity contribution in [1.82, 2.24) is 24.2 Å². The molecule has 0 saturated carbocycles. The number of aryl methyl sites for hydroxylation is 1. The van der Waals surface area contributed by atoms with Crippen LogP contribution in [0.4, 0.5) is 23.2 Å². The summed E-state index contributed by atoms with van der Waals surface area (Å²) in [7, 11) is 0. The van der Waals surface area contributed by atoms with Gasteiger partial charge < -0.3 is 15.0 Å². The van der Waals surface area contributed by atoms with Crippen LogP contribution in [0.25, 0.3) is 0 Å². The lowest BCUT2D eigenvalue weighted by Gasteiger charge is -2.34. The number of halogens is 4. The van der Waals surface area contributed by atoms with E-state index in [0.717, 1.165) is 43.7 Å². The molecule has 1 fully saturated rings. The van der Waals surface area contributed by atoms with Gasteiger partial charge in [-0.3, -0.25) is 9.78 Å². The molecule has 38 heavy (non-hydrogen) atoms.